The number of aliphatic hydroxyl groups excluding tert-OH is 1. The zero-order valence-electron chi connectivity index (χ0n) is 13.7. The van der Waals surface area contributed by atoms with Gasteiger partial charge in [-0.25, -0.2) is 4.79 Å². The summed E-state index contributed by atoms with van der Waals surface area (Å²) in [4.78, 5) is 25.5. The van der Waals surface area contributed by atoms with Gasteiger partial charge in [0.1, 0.15) is 5.37 Å². The first-order valence-corrected chi connectivity index (χ1v) is 10.2. The number of β-lactam (4-membered cyclic amide) rings is 1. The van der Waals surface area contributed by atoms with Crippen LogP contribution in [0.25, 0.3) is 0 Å². The van der Waals surface area contributed by atoms with E-state index in [1.807, 2.05) is 19.1 Å². The molecule has 1 aromatic carbocycles. The van der Waals surface area contributed by atoms with Gasteiger partial charge in [0, 0.05) is 5.25 Å². The Kier molecular flexibility index (Phi) is 4.33. The van der Waals surface area contributed by atoms with Gasteiger partial charge in [-0.1, -0.05) is 43.0 Å². The Labute approximate surface area is 154 Å². The summed E-state index contributed by atoms with van der Waals surface area (Å²) in [5.74, 6) is -1.83. The highest BCUT2D eigenvalue weighted by Gasteiger charge is 2.58. The van der Waals surface area contributed by atoms with Crippen LogP contribution < -0.4 is 0 Å². The number of hydrogen-bond donors (Lipinski definition) is 2. The summed E-state index contributed by atoms with van der Waals surface area (Å²) in [7, 11) is 0. The molecule has 1 aliphatic carbocycles. The number of carbonyl (C=O) groups is 2. The average molecular weight is 377 g/mol. The molecule has 3 aliphatic rings. The molecule has 4 rings (SSSR count). The number of hydrogen-bond acceptors (Lipinski definition) is 5. The number of amides is 1. The normalized spacial score (nSPS) is 26.5. The van der Waals surface area contributed by atoms with Gasteiger partial charge in [0.05, 0.1) is 16.3 Å². The minimum atomic E-state index is -1.06. The van der Waals surface area contributed by atoms with E-state index in [0.717, 1.165) is 12.8 Å². The van der Waals surface area contributed by atoms with E-state index in [0.29, 0.717) is 10.7 Å². The largest absolute Gasteiger partial charge is 0.477 e. The van der Waals surface area contributed by atoms with Crippen LogP contribution in [0.1, 0.15) is 24.5 Å². The van der Waals surface area contributed by atoms with Gasteiger partial charge >= 0.3 is 5.97 Å². The Hall–Kier alpha value is -1.44. The highest BCUT2D eigenvalue weighted by molar-refractivity contribution is 8.23. The number of nitrogens with zero attached hydrogens (tertiary/aromatic N) is 1. The fourth-order valence-electron chi connectivity index (χ4n) is 3.75. The molecule has 3 atom stereocenters. The summed E-state index contributed by atoms with van der Waals surface area (Å²) in [5.41, 5.74) is 2.73. The predicted octanol–water partition coefficient (Wildman–Crippen LogP) is 2.44. The lowest BCUT2D eigenvalue weighted by Gasteiger charge is -2.44. The van der Waals surface area contributed by atoms with E-state index >= 15 is 0 Å². The Morgan fingerprint density at radius 3 is 2.56 bits per heavy atom. The second-order valence-corrected chi connectivity index (χ2v) is 9.27. The summed E-state index contributed by atoms with van der Waals surface area (Å²) in [5, 5.41) is 19.7. The van der Waals surface area contributed by atoms with E-state index in [4.69, 9.17) is 0 Å². The predicted molar refractivity (Wildman–Crippen MR) is 97.9 cm³/mol. The van der Waals surface area contributed by atoms with Crippen LogP contribution in [-0.2, 0) is 22.4 Å². The van der Waals surface area contributed by atoms with Crippen molar-refractivity contribution < 1.29 is 19.8 Å². The number of fused-ring (bicyclic) bond motifs is 2. The van der Waals surface area contributed by atoms with Crippen LogP contribution in [0.3, 0.4) is 0 Å². The molecule has 0 aromatic heterocycles. The van der Waals surface area contributed by atoms with Crippen molar-refractivity contribution in [3.05, 3.63) is 45.3 Å². The summed E-state index contributed by atoms with van der Waals surface area (Å²) >= 11 is 2.99. The highest BCUT2D eigenvalue weighted by Crippen LogP contribution is 2.55. The number of aliphatic carboxylic acids is 1. The fraction of sp³-hybridized carbons (Fsp3) is 0.444. The standard InChI is InChI=1S/C18H19NO4S2/c1-2-12(20)13-15(21)19-14(17(22)23)18(25-16(13)19)24-11-7-9-5-3-4-6-10(9)8-11/h3-6,11-13,16,20H,2,7-8H2,1H3,(H,22,23)/t12-,13+,16+/m0/s1. The topological polar surface area (TPSA) is 77.8 Å². The van der Waals surface area contributed by atoms with E-state index in [1.165, 1.54) is 27.8 Å². The Morgan fingerprint density at radius 1 is 1.36 bits per heavy atom. The van der Waals surface area contributed by atoms with E-state index in [1.54, 1.807) is 11.8 Å². The molecule has 5 nitrogen and oxygen atoms in total. The number of rotatable bonds is 5. The molecule has 0 unspecified atom stereocenters. The van der Waals surface area contributed by atoms with Gasteiger partial charge in [0.25, 0.3) is 0 Å². The van der Waals surface area contributed by atoms with Crippen molar-refractivity contribution >= 4 is 35.4 Å². The van der Waals surface area contributed by atoms with Crippen LogP contribution in [0.5, 0.6) is 0 Å². The van der Waals surface area contributed by atoms with Crippen LogP contribution in [0, 0.1) is 5.92 Å². The van der Waals surface area contributed by atoms with Crippen molar-refractivity contribution in [2.45, 2.75) is 42.9 Å². The maximum atomic E-state index is 12.4. The van der Waals surface area contributed by atoms with Crippen molar-refractivity contribution in [1.29, 1.82) is 0 Å². The smallest absolute Gasteiger partial charge is 0.354 e. The van der Waals surface area contributed by atoms with Gasteiger partial charge in [-0.3, -0.25) is 9.69 Å². The molecule has 2 N–H and O–H groups in total. The fourth-order valence-corrected chi connectivity index (χ4v) is 7.08. The average Bonchev–Trinajstić information content (AvgIpc) is 3.13. The van der Waals surface area contributed by atoms with E-state index < -0.39 is 18.0 Å². The molecule has 1 fully saturated rings. The van der Waals surface area contributed by atoms with Crippen LogP contribution in [0.2, 0.25) is 0 Å². The van der Waals surface area contributed by atoms with Crippen LogP contribution >= 0.6 is 23.5 Å². The molecule has 1 aromatic rings. The van der Waals surface area contributed by atoms with E-state index in [9.17, 15) is 19.8 Å². The zero-order valence-corrected chi connectivity index (χ0v) is 15.3. The molecule has 0 spiro atoms. The molecule has 0 saturated carbocycles. The molecule has 0 radical (unpaired) electrons. The van der Waals surface area contributed by atoms with Crippen molar-refractivity contribution in [3.63, 3.8) is 0 Å². The maximum Gasteiger partial charge on any atom is 0.354 e. The number of aliphatic hydroxyl groups is 1. The Morgan fingerprint density at radius 2 is 2.00 bits per heavy atom. The Bertz CT molecular complexity index is 753. The van der Waals surface area contributed by atoms with Gasteiger partial charge in [-0.05, 0) is 30.4 Å². The third-order valence-electron chi connectivity index (χ3n) is 5.07. The number of carbonyl (C=O) groups excluding carboxylic acids is 1. The maximum absolute atomic E-state index is 12.4. The van der Waals surface area contributed by atoms with Gasteiger partial charge in [0.2, 0.25) is 5.91 Å². The van der Waals surface area contributed by atoms with Gasteiger partial charge in [-0.15, -0.1) is 11.8 Å². The first-order chi connectivity index (χ1) is 12.0. The SMILES string of the molecule is CC[C@H](O)[C@@H]1C(=O)N2C(C(=O)O)=C(SC3Cc4ccccc4C3)S[C@H]12. The number of carboxylic acids is 1. The van der Waals surface area contributed by atoms with E-state index in [-0.39, 0.29) is 22.2 Å². The third kappa shape index (κ3) is 2.69. The second-order valence-electron chi connectivity index (χ2n) is 6.58. The lowest BCUT2D eigenvalue weighted by molar-refractivity contribution is -0.157. The van der Waals surface area contributed by atoms with Crippen molar-refractivity contribution in [3.8, 4) is 0 Å². The lowest BCUT2D eigenvalue weighted by Crippen LogP contribution is -2.61. The van der Waals surface area contributed by atoms with Crippen LogP contribution in [0.15, 0.2) is 34.2 Å². The molecule has 1 amide bonds. The van der Waals surface area contributed by atoms with Crippen molar-refractivity contribution in [2.75, 3.05) is 0 Å². The summed E-state index contributed by atoms with van der Waals surface area (Å²) in [6, 6.07) is 8.29. The van der Waals surface area contributed by atoms with Crippen LogP contribution in [-0.4, -0.2) is 43.7 Å². The quantitative estimate of drug-likeness (QED) is 0.768. The molecule has 7 heteroatoms. The minimum absolute atomic E-state index is 0.0977. The minimum Gasteiger partial charge on any atom is -0.477 e. The van der Waals surface area contributed by atoms with Gasteiger partial charge < -0.3 is 10.2 Å². The second kappa shape index (κ2) is 6.37. The van der Waals surface area contributed by atoms with Gasteiger partial charge in [-0.2, -0.15) is 0 Å². The summed E-state index contributed by atoms with van der Waals surface area (Å²) in [6.45, 7) is 1.83. The van der Waals surface area contributed by atoms with Crippen molar-refractivity contribution in [2.24, 2.45) is 5.92 Å². The Balaban J connectivity index is 1.54. The lowest BCUT2D eigenvalue weighted by atomic mass is 9.90. The zero-order chi connectivity index (χ0) is 17.7. The molecule has 25 heavy (non-hydrogen) atoms. The van der Waals surface area contributed by atoms with Crippen molar-refractivity contribution in [1.82, 2.24) is 4.90 Å². The molecule has 2 heterocycles. The van der Waals surface area contributed by atoms with Crippen LogP contribution in [0.4, 0.5) is 0 Å². The highest BCUT2D eigenvalue weighted by atomic mass is 32.2. The monoisotopic (exact) mass is 377 g/mol. The van der Waals surface area contributed by atoms with E-state index in [2.05, 4.69) is 12.1 Å². The first kappa shape index (κ1) is 17.0. The summed E-state index contributed by atoms with van der Waals surface area (Å²) < 4.78 is 0.703. The molecular formula is C18H19NO4S2. The molecule has 0 bridgehead atoms. The molecule has 132 valence electrons. The summed E-state index contributed by atoms with van der Waals surface area (Å²) in [6.07, 6.45) is 1.61. The number of thioether (sulfide) groups is 2. The third-order valence-corrected chi connectivity index (χ3v) is 7.87. The molecule has 1 saturated heterocycles. The molecule has 2 aliphatic heterocycles. The molecular weight excluding hydrogens is 358 g/mol. The number of carboxylic acid groups (broad SMARTS) is 1. The van der Waals surface area contributed by atoms with Gasteiger partial charge in [0.15, 0.2) is 5.70 Å². The first-order valence-electron chi connectivity index (χ1n) is 8.40. The number of benzene rings is 1.